The topological polar surface area (TPSA) is 63.7 Å². The van der Waals surface area contributed by atoms with Gasteiger partial charge in [0.1, 0.15) is 6.10 Å². The van der Waals surface area contributed by atoms with Crippen molar-refractivity contribution in [1.29, 1.82) is 0 Å². The first kappa shape index (κ1) is 18.1. The van der Waals surface area contributed by atoms with E-state index in [1.807, 2.05) is 36.0 Å². The van der Waals surface area contributed by atoms with Gasteiger partial charge in [-0.2, -0.15) is 11.8 Å². The molecular weight excluding hydrogens is 362 g/mol. The number of pyridine rings is 1. The summed E-state index contributed by atoms with van der Waals surface area (Å²) in [4.78, 5) is 19.1. The minimum atomic E-state index is -0.165. The number of nitrogens with one attached hydrogen (secondary N) is 1. The SMILES string of the molecule is O=C(Nc1ccc(N2CCOCC2)cc1)c1ccnc(OC2CCSC2)c1. The van der Waals surface area contributed by atoms with Gasteiger partial charge < -0.3 is 19.7 Å². The number of morpholine rings is 1. The van der Waals surface area contributed by atoms with E-state index in [1.165, 1.54) is 0 Å². The van der Waals surface area contributed by atoms with Gasteiger partial charge in [-0.15, -0.1) is 0 Å². The zero-order chi connectivity index (χ0) is 18.5. The highest BCUT2D eigenvalue weighted by Crippen LogP contribution is 2.23. The number of carbonyl (C=O) groups excluding carboxylic acids is 1. The van der Waals surface area contributed by atoms with Gasteiger partial charge in [-0.05, 0) is 42.5 Å². The van der Waals surface area contributed by atoms with Crippen molar-refractivity contribution >= 4 is 29.0 Å². The van der Waals surface area contributed by atoms with Gasteiger partial charge in [-0.1, -0.05) is 0 Å². The van der Waals surface area contributed by atoms with E-state index in [-0.39, 0.29) is 12.0 Å². The Hall–Kier alpha value is -2.25. The maximum atomic E-state index is 12.6. The van der Waals surface area contributed by atoms with E-state index in [0.717, 1.165) is 55.6 Å². The Balaban J connectivity index is 1.38. The lowest BCUT2D eigenvalue weighted by Gasteiger charge is -2.28. The van der Waals surface area contributed by atoms with E-state index in [0.29, 0.717) is 11.4 Å². The summed E-state index contributed by atoms with van der Waals surface area (Å²) in [6.45, 7) is 3.30. The molecule has 6 nitrogen and oxygen atoms in total. The van der Waals surface area contributed by atoms with Gasteiger partial charge in [0.25, 0.3) is 5.91 Å². The van der Waals surface area contributed by atoms with Crippen LogP contribution in [0.15, 0.2) is 42.6 Å². The molecule has 2 aromatic rings. The fraction of sp³-hybridized carbons (Fsp3) is 0.400. The average Bonchev–Trinajstić information content (AvgIpc) is 3.22. The summed E-state index contributed by atoms with van der Waals surface area (Å²) in [5.74, 6) is 2.44. The van der Waals surface area contributed by atoms with E-state index in [4.69, 9.17) is 9.47 Å². The number of carbonyl (C=O) groups is 1. The van der Waals surface area contributed by atoms with E-state index < -0.39 is 0 Å². The Morgan fingerprint density at radius 3 is 2.78 bits per heavy atom. The number of rotatable bonds is 5. The van der Waals surface area contributed by atoms with Crippen molar-refractivity contribution in [3.8, 4) is 5.88 Å². The predicted molar refractivity (Wildman–Crippen MR) is 108 cm³/mol. The number of thioether (sulfide) groups is 1. The second kappa shape index (κ2) is 8.63. The smallest absolute Gasteiger partial charge is 0.255 e. The van der Waals surface area contributed by atoms with Crippen molar-refractivity contribution in [2.24, 2.45) is 0 Å². The second-order valence-corrected chi connectivity index (χ2v) is 7.74. The molecule has 0 saturated carbocycles. The van der Waals surface area contributed by atoms with Crippen LogP contribution >= 0.6 is 11.8 Å². The highest BCUT2D eigenvalue weighted by Gasteiger charge is 2.18. The van der Waals surface area contributed by atoms with Crippen LogP contribution in [0, 0.1) is 0 Å². The second-order valence-electron chi connectivity index (χ2n) is 6.59. The first-order chi connectivity index (χ1) is 13.3. The molecular formula is C20H23N3O3S. The molecule has 1 aromatic carbocycles. The number of ether oxygens (including phenoxy) is 2. The summed E-state index contributed by atoms with van der Waals surface area (Å²) >= 11 is 1.88. The summed E-state index contributed by atoms with van der Waals surface area (Å²) in [6.07, 6.45) is 2.83. The molecule has 1 amide bonds. The number of aromatic nitrogens is 1. The van der Waals surface area contributed by atoms with Crippen LogP contribution in [0.3, 0.4) is 0 Å². The zero-order valence-electron chi connectivity index (χ0n) is 15.1. The Bertz CT molecular complexity index is 772. The number of hydrogen-bond donors (Lipinski definition) is 1. The molecule has 1 N–H and O–H groups in total. The first-order valence-corrected chi connectivity index (χ1v) is 10.4. The van der Waals surface area contributed by atoms with E-state index in [2.05, 4.69) is 15.2 Å². The highest BCUT2D eigenvalue weighted by molar-refractivity contribution is 7.99. The van der Waals surface area contributed by atoms with Gasteiger partial charge in [-0.25, -0.2) is 4.98 Å². The molecule has 1 atom stereocenters. The van der Waals surface area contributed by atoms with E-state index in [9.17, 15) is 4.79 Å². The Kier molecular flexibility index (Phi) is 5.79. The fourth-order valence-electron chi connectivity index (χ4n) is 3.17. The lowest BCUT2D eigenvalue weighted by molar-refractivity contribution is 0.102. The molecule has 2 aliphatic heterocycles. The summed E-state index contributed by atoms with van der Waals surface area (Å²) < 4.78 is 11.3. The molecule has 0 radical (unpaired) electrons. The maximum absolute atomic E-state index is 12.6. The molecule has 142 valence electrons. The van der Waals surface area contributed by atoms with Gasteiger partial charge in [0.15, 0.2) is 0 Å². The molecule has 1 unspecified atom stereocenters. The van der Waals surface area contributed by atoms with Crippen LogP contribution in [0.4, 0.5) is 11.4 Å². The summed E-state index contributed by atoms with van der Waals surface area (Å²) in [5.41, 5.74) is 2.46. The highest BCUT2D eigenvalue weighted by atomic mass is 32.2. The fourth-order valence-corrected chi connectivity index (χ4v) is 4.27. The van der Waals surface area contributed by atoms with E-state index >= 15 is 0 Å². The van der Waals surface area contributed by atoms with Crippen molar-refractivity contribution in [2.75, 3.05) is 48.0 Å². The van der Waals surface area contributed by atoms with Gasteiger partial charge in [0.2, 0.25) is 5.88 Å². The standard InChI is InChI=1S/C20H23N3O3S/c24-20(15-5-7-21-19(13-15)26-18-6-12-27-14-18)22-16-1-3-17(4-2-16)23-8-10-25-11-9-23/h1-5,7,13,18H,6,8-12,14H2,(H,22,24). The lowest BCUT2D eigenvalue weighted by Crippen LogP contribution is -2.36. The molecule has 0 spiro atoms. The predicted octanol–water partition coefficient (Wildman–Crippen LogP) is 3.05. The number of benzene rings is 1. The van der Waals surface area contributed by atoms with Crippen LogP contribution < -0.4 is 15.0 Å². The van der Waals surface area contributed by atoms with Crippen molar-refractivity contribution in [3.63, 3.8) is 0 Å². The number of anilines is 2. The molecule has 2 fully saturated rings. The summed E-state index contributed by atoms with van der Waals surface area (Å²) in [7, 11) is 0. The van der Waals surface area contributed by atoms with Gasteiger partial charge in [-0.3, -0.25) is 4.79 Å². The van der Waals surface area contributed by atoms with E-state index in [1.54, 1.807) is 18.3 Å². The Morgan fingerprint density at radius 1 is 1.22 bits per heavy atom. The molecule has 0 aliphatic carbocycles. The molecule has 27 heavy (non-hydrogen) atoms. The van der Waals surface area contributed by atoms with Gasteiger partial charge >= 0.3 is 0 Å². The largest absolute Gasteiger partial charge is 0.473 e. The van der Waals surface area contributed by atoms with Crippen molar-refractivity contribution in [2.45, 2.75) is 12.5 Å². The minimum Gasteiger partial charge on any atom is -0.473 e. The quantitative estimate of drug-likeness (QED) is 0.854. The third kappa shape index (κ3) is 4.73. The molecule has 4 rings (SSSR count). The first-order valence-electron chi connectivity index (χ1n) is 9.22. The Morgan fingerprint density at radius 2 is 2.04 bits per heavy atom. The minimum absolute atomic E-state index is 0.165. The van der Waals surface area contributed by atoms with Crippen LogP contribution in [0.5, 0.6) is 5.88 Å². The summed E-state index contributed by atoms with van der Waals surface area (Å²) in [6, 6.07) is 11.3. The number of hydrogen-bond acceptors (Lipinski definition) is 6. The van der Waals surface area contributed by atoms with Crippen molar-refractivity contribution < 1.29 is 14.3 Å². The third-order valence-corrected chi connectivity index (χ3v) is 5.81. The maximum Gasteiger partial charge on any atom is 0.255 e. The van der Waals surface area contributed by atoms with Crippen LogP contribution in [-0.4, -0.2) is 54.8 Å². The molecule has 2 saturated heterocycles. The number of nitrogens with zero attached hydrogens (tertiary/aromatic N) is 2. The van der Waals surface area contributed by atoms with Gasteiger partial charge in [0.05, 0.1) is 13.2 Å². The lowest BCUT2D eigenvalue weighted by atomic mass is 10.2. The van der Waals surface area contributed by atoms with Crippen LogP contribution in [0.25, 0.3) is 0 Å². The molecule has 2 aliphatic rings. The monoisotopic (exact) mass is 385 g/mol. The van der Waals surface area contributed by atoms with Crippen molar-refractivity contribution in [3.05, 3.63) is 48.2 Å². The molecule has 1 aromatic heterocycles. The molecule has 3 heterocycles. The molecule has 7 heteroatoms. The Labute approximate surface area is 163 Å². The third-order valence-electron chi connectivity index (χ3n) is 4.67. The zero-order valence-corrected chi connectivity index (χ0v) is 15.9. The average molecular weight is 385 g/mol. The number of amides is 1. The summed E-state index contributed by atoms with van der Waals surface area (Å²) in [5, 5.41) is 2.94. The van der Waals surface area contributed by atoms with Crippen LogP contribution in [0.1, 0.15) is 16.8 Å². The van der Waals surface area contributed by atoms with Crippen LogP contribution in [0.2, 0.25) is 0 Å². The van der Waals surface area contributed by atoms with Gasteiger partial charge in [0, 0.05) is 48.0 Å². The van der Waals surface area contributed by atoms with Crippen LogP contribution in [-0.2, 0) is 4.74 Å². The molecule has 0 bridgehead atoms. The van der Waals surface area contributed by atoms with Crippen molar-refractivity contribution in [1.82, 2.24) is 4.98 Å². The normalized spacial score (nSPS) is 19.7.